The van der Waals surface area contributed by atoms with Gasteiger partial charge in [-0.15, -0.1) is 0 Å². The highest BCUT2D eigenvalue weighted by atomic mass is 16.2. The molecule has 0 aromatic carbocycles. The van der Waals surface area contributed by atoms with E-state index < -0.39 is 0 Å². The van der Waals surface area contributed by atoms with E-state index in [0.717, 1.165) is 36.9 Å². The van der Waals surface area contributed by atoms with Crippen molar-refractivity contribution in [2.45, 2.75) is 63.5 Å². The molecule has 0 unspecified atom stereocenters. The zero-order valence-electron chi connectivity index (χ0n) is 13.8. The molecule has 1 aromatic rings. The number of rotatable bonds is 4. The predicted octanol–water partition coefficient (Wildman–Crippen LogP) is 3.14. The van der Waals surface area contributed by atoms with E-state index in [4.69, 9.17) is 0 Å². The number of amides is 1. The summed E-state index contributed by atoms with van der Waals surface area (Å²) in [6.07, 6.45) is 13.7. The van der Waals surface area contributed by atoms with E-state index in [1.54, 1.807) is 12.4 Å². The first-order valence-corrected chi connectivity index (χ1v) is 9.29. The van der Waals surface area contributed by atoms with Gasteiger partial charge in [0, 0.05) is 18.8 Å². The van der Waals surface area contributed by atoms with Gasteiger partial charge in [-0.05, 0) is 62.5 Å². The fourth-order valence-corrected chi connectivity index (χ4v) is 4.46. The van der Waals surface area contributed by atoms with Crippen LogP contribution in [-0.4, -0.2) is 29.5 Å². The van der Waals surface area contributed by atoms with Crippen molar-refractivity contribution >= 4 is 11.6 Å². The smallest absolute Gasteiger partial charge is 0.244 e. The van der Waals surface area contributed by atoms with Crippen LogP contribution in [0.2, 0.25) is 0 Å². The van der Waals surface area contributed by atoms with Crippen LogP contribution in [0.4, 0.5) is 5.69 Å². The van der Waals surface area contributed by atoms with E-state index in [-0.39, 0.29) is 11.9 Å². The maximum atomic E-state index is 12.9. The second kappa shape index (κ2) is 6.60. The van der Waals surface area contributed by atoms with Crippen molar-refractivity contribution in [2.75, 3.05) is 11.4 Å². The van der Waals surface area contributed by atoms with Crippen LogP contribution in [0.15, 0.2) is 24.5 Å². The van der Waals surface area contributed by atoms with Crippen molar-refractivity contribution in [2.24, 2.45) is 11.8 Å². The Labute approximate surface area is 138 Å². The Balaban J connectivity index is 1.39. The largest absolute Gasteiger partial charge is 0.310 e. The first kappa shape index (κ1) is 15.1. The number of carbonyl (C=O) groups is 1. The van der Waals surface area contributed by atoms with Gasteiger partial charge in [0.05, 0.1) is 17.9 Å². The van der Waals surface area contributed by atoms with Crippen LogP contribution in [-0.2, 0) is 4.79 Å². The third-order valence-corrected chi connectivity index (χ3v) is 5.84. The van der Waals surface area contributed by atoms with Crippen LogP contribution in [0.5, 0.6) is 0 Å². The molecule has 4 heteroatoms. The summed E-state index contributed by atoms with van der Waals surface area (Å²) in [6, 6.07) is 4.42. The van der Waals surface area contributed by atoms with Crippen LogP contribution in [0.3, 0.4) is 0 Å². The SMILES string of the molecule is O=C1[C@H](N[C@@H]2CCC[C@H](C3CC3)C2)CCCN1c1cccnc1. The first-order chi connectivity index (χ1) is 11.3. The zero-order chi connectivity index (χ0) is 15.6. The Morgan fingerprint density at radius 3 is 2.78 bits per heavy atom. The molecule has 4 nitrogen and oxygen atoms in total. The summed E-state index contributed by atoms with van der Waals surface area (Å²) >= 11 is 0. The summed E-state index contributed by atoms with van der Waals surface area (Å²) in [5.41, 5.74) is 0.934. The van der Waals surface area contributed by atoms with Crippen molar-refractivity contribution in [3.05, 3.63) is 24.5 Å². The molecule has 0 spiro atoms. The lowest BCUT2D eigenvalue weighted by molar-refractivity contribution is -0.122. The van der Waals surface area contributed by atoms with E-state index >= 15 is 0 Å². The summed E-state index contributed by atoms with van der Waals surface area (Å²) in [7, 11) is 0. The number of piperidine rings is 1. The maximum absolute atomic E-state index is 12.9. The fourth-order valence-electron chi connectivity index (χ4n) is 4.46. The molecule has 1 N–H and O–H groups in total. The van der Waals surface area contributed by atoms with E-state index in [0.29, 0.717) is 6.04 Å². The van der Waals surface area contributed by atoms with Crippen LogP contribution in [0.1, 0.15) is 51.4 Å². The average Bonchev–Trinajstić information content (AvgIpc) is 3.43. The van der Waals surface area contributed by atoms with Crippen molar-refractivity contribution in [1.29, 1.82) is 0 Å². The highest BCUT2D eigenvalue weighted by molar-refractivity contribution is 5.97. The zero-order valence-corrected chi connectivity index (χ0v) is 13.8. The Bertz CT molecular complexity index is 543. The minimum atomic E-state index is -0.00749. The summed E-state index contributed by atoms with van der Waals surface area (Å²) in [5.74, 6) is 2.14. The molecule has 1 aromatic heterocycles. The Kier molecular flexibility index (Phi) is 4.34. The Morgan fingerprint density at radius 2 is 2.00 bits per heavy atom. The maximum Gasteiger partial charge on any atom is 0.244 e. The van der Waals surface area contributed by atoms with Gasteiger partial charge in [0.25, 0.3) is 0 Å². The molecule has 2 aliphatic carbocycles. The van der Waals surface area contributed by atoms with Gasteiger partial charge in [0.2, 0.25) is 5.91 Å². The molecule has 124 valence electrons. The molecule has 2 saturated carbocycles. The molecule has 4 rings (SSSR count). The number of nitrogens with one attached hydrogen (secondary N) is 1. The lowest BCUT2D eigenvalue weighted by Gasteiger charge is -2.37. The van der Waals surface area contributed by atoms with E-state index in [1.165, 1.54) is 38.5 Å². The second-order valence-corrected chi connectivity index (χ2v) is 7.52. The normalized spacial score (nSPS) is 32.1. The van der Waals surface area contributed by atoms with E-state index in [2.05, 4.69) is 10.3 Å². The molecular weight excluding hydrogens is 286 g/mol. The van der Waals surface area contributed by atoms with Crippen molar-refractivity contribution in [3.63, 3.8) is 0 Å². The van der Waals surface area contributed by atoms with E-state index in [1.807, 2.05) is 17.0 Å². The molecule has 1 saturated heterocycles. The molecule has 3 aliphatic rings. The minimum absolute atomic E-state index is 0.00749. The topological polar surface area (TPSA) is 45.2 Å². The van der Waals surface area contributed by atoms with Crippen molar-refractivity contribution < 1.29 is 4.79 Å². The first-order valence-electron chi connectivity index (χ1n) is 9.29. The Hall–Kier alpha value is -1.42. The minimum Gasteiger partial charge on any atom is -0.310 e. The van der Waals surface area contributed by atoms with Gasteiger partial charge in [-0.25, -0.2) is 0 Å². The van der Waals surface area contributed by atoms with Crippen molar-refractivity contribution in [3.8, 4) is 0 Å². The molecule has 0 radical (unpaired) electrons. The molecule has 2 heterocycles. The van der Waals surface area contributed by atoms with Gasteiger partial charge < -0.3 is 10.2 Å². The molecule has 3 atom stereocenters. The van der Waals surface area contributed by atoms with Crippen LogP contribution in [0, 0.1) is 11.8 Å². The van der Waals surface area contributed by atoms with Gasteiger partial charge >= 0.3 is 0 Å². The number of pyridine rings is 1. The Morgan fingerprint density at radius 1 is 1.09 bits per heavy atom. The fraction of sp³-hybridized carbons (Fsp3) is 0.684. The van der Waals surface area contributed by atoms with Gasteiger partial charge in [-0.3, -0.25) is 9.78 Å². The molecule has 23 heavy (non-hydrogen) atoms. The predicted molar refractivity (Wildman–Crippen MR) is 91.2 cm³/mol. The van der Waals surface area contributed by atoms with Crippen LogP contribution >= 0.6 is 0 Å². The molecule has 0 bridgehead atoms. The standard InChI is InChI=1S/C19H27N3O/c23-19-18(7-3-11-22(19)17-6-2-10-20-13-17)21-16-5-1-4-15(12-16)14-8-9-14/h2,6,10,13-16,18,21H,1,3-5,7-9,11-12H2/t15-,16+,18+/m0/s1. The monoisotopic (exact) mass is 313 g/mol. The van der Waals surface area contributed by atoms with Gasteiger partial charge in [0.15, 0.2) is 0 Å². The number of hydrogen-bond acceptors (Lipinski definition) is 3. The third kappa shape index (κ3) is 3.42. The molecule has 1 amide bonds. The third-order valence-electron chi connectivity index (χ3n) is 5.84. The van der Waals surface area contributed by atoms with Crippen LogP contribution < -0.4 is 10.2 Å². The van der Waals surface area contributed by atoms with Crippen molar-refractivity contribution in [1.82, 2.24) is 10.3 Å². The number of anilines is 1. The second-order valence-electron chi connectivity index (χ2n) is 7.52. The van der Waals surface area contributed by atoms with Gasteiger partial charge in [-0.1, -0.05) is 12.8 Å². The number of carbonyl (C=O) groups excluding carboxylic acids is 1. The lowest BCUT2D eigenvalue weighted by Crippen LogP contribution is -2.54. The highest BCUT2D eigenvalue weighted by Crippen LogP contribution is 2.44. The average molecular weight is 313 g/mol. The summed E-state index contributed by atoms with van der Waals surface area (Å²) in [5, 5.41) is 3.71. The van der Waals surface area contributed by atoms with Gasteiger partial charge in [0.1, 0.15) is 0 Å². The number of nitrogens with zero attached hydrogens (tertiary/aromatic N) is 2. The summed E-state index contributed by atoms with van der Waals surface area (Å²) in [6.45, 7) is 0.818. The molecular formula is C19H27N3O. The summed E-state index contributed by atoms with van der Waals surface area (Å²) < 4.78 is 0. The lowest BCUT2D eigenvalue weighted by atomic mass is 9.82. The number of hydrogen-bond donors (Lipinski definition) is 1. The molecule has 1 aliphatic heterocycles. The number of aromatic nitrogens is 1. The summed E-state index contributed by atoms with van der Waals surface area (Å²) in [4.78, 5) is 18.9. The molecule has 3 fully saturated rings. The highest BCUT2D eigenvalue weighted by Gasteiger charge is 2.37. The quantitative estimate of drug-likeness (QED) is 0.929. The van der Waals surface area contributed by atoms with Gasteiger partial charge in [-0.2, -0.15) is 0 Å². The van der Waals surface area contributed by atoms with Crippen LogP contribution in [0.25, 0.3) is 0 Å². The van der Waals surface area contributed by atoms with E-state index in [9.17, 15) is 4.79 Å².